The van der Waals surface area contributed by atoms with Gasteiger partial charge in [-0.15, -0.1) is 0 Å². The number of aliphatic hydroxyl groups is 1. The smallest absolute Gasteiger partial charge is 0.378 e. The quantitative estimate of drug-likeness (QED) is 0.446. The minimum Gasteiger partial charge on any atom is -0.475 e. The number of aromatic carboxylic acids is 1. The number of carbonyl (C=O) groups is 2. The molecule has 0 aromatic carbocycles. The van der Waals surface area contributed by atoms with Crippen molar-refractivity contribution >= 4 is 11.9 Å². The number of carboxylic acid groups (broad SMARTS) is 1. The molecule has 0 amide bonds. The van der Waals surface area contributed by atoms with Gasteiger partial charge in [0.05, 0.1) is 6.61 Å². The molecule has 0 fully saturated rings. The molecular weight excluding hydrogens is 232 g/mol. The second kappa shape index (κ2) is 4.04. The van der Waals surface area contributed by atoms with Gasteiger partial charge in [-0.2, -0.15) is 0 Å². The van der Waals surface area contributed by atoms with Crippen molar-refractivity contribution in [3.05, 3.63) is 35.8 Å². The second-order valence-electron chi connectivity index (χ2n) is 3.20. The van der Waals surface area contributed by atoms with Crippen molar-refractivity contribution in [1.29, 1.82) is 0 Å². The SMILES string of the molecule is O=C(O)c1ccc(C(=O)OC2(O)C=CCO2)o1. The van der Waals surface area contributed by atoms with E-state index in [-0.39, 0.29) is 12.4 Å². The van der Waals surface area contributed by atoms with Gasteiger partial charge in [0.25, 0.3) is 0 Å². The maximum Gasteiger partial charge on any atom is 0.378 e. The monoisotopic (exact) mass is 240 g/mol. The van der Waals surface area contributed by atoms with E-state index in [1.807, 2.05) is 0 Å². The van der Waals surface area contributed by atoms with Crippen molar-refractivity contribution < 1.29 is 33.7 Å². The molecule has 7 heteroatoms. The molecule has 2 rings (SSSR count). The Balaban J connectivity index is 2.09. The van der Waals surface area contributed by atoms with Crippen LogP contribution in [0, 0.1) is 0 Å². The van der Waals surface area contributed by atoms with Crippen LogP contribution in [0.15, 0.2) is 28.7 Å². The molecular formula is C10H8O7. The number of rotatable bonds is 3. The highest BCUT2D eigenvalue weighted by Gasteiger charge is 2.34. The van der Waals surface area contributed by atoms with Gasteiger partial charge in [-0.1, -0.05) is 6.08 Å². The molecule has 1 unspecified atom stereocenters. The third-order valence-corrected chi connectivity index (χ3v) is 1.97. The maximum absolute atomic E-state index is 11.5. The van der Waals surface area contributed by atoms with Crippen molar-refractivity contribution in [3.8, 4) is 0 Å². The molecule has 0 spiro atoms. The number of ether oxygens (including phenoxy) is 2. The molecule has 7 nitrogen and oxygen atoms in total. The van der Waals surface area contributed by atoms with Crippen LogP contribution in [-0.2, 0) is 9.47 Å². The lowest BCUT2D eigenvalue weighted by atomic mass is 10.4. The fourth-order valence-corrected chi connectivity index (χ4v) is 1.22. The molecule has 1 aliphatic heterocycles. The van der Waals surface area contributed by atoms with Crippen LogP contribution < -0.4 is 0 Å². The van der Waals surface area contributed by atoms with Gasteiger partial charge in [0, 0.05) is 6.08 Å². The highest BCUT2D eigenvalue weighted by Crippen LogP contribution is 2.20. The normalized spacial score (nSPS) is 22.6. The lowest BCUT2D eigenvalue weighted by Crippen LogP contribution is -2.33. The van der Waals surface area contributed by atoms with Crippen LogP contribution >= 0.6 is 0 Å². The van der Waals surface area contributed by atoms with Crippen LogP contribution in [0.1, 0.15) is 21.1 Å². The average Bonchev–Trinajstić information content (AvgIpc) is 2.86. The van der Waals surface area contributed by atoms with Crippen molar-refractivity contribution in [2.24, 2.45) is 0 Å². The van der Waals surface area contributed by atoms with Crippen LogP contribution in [0.25, 0.3) is 0 Å². The highest BCUT2D eigenvalue weighted by molar-refractivity contribution is 5.90. The summed E-state index contributed by atoms with van der Waals surface area (Å²) in [5.74, 6) is -5.18. The third-order valence-electron chi connectivity index (χ3n) is 1.97. The molecule has 0 saturated carbocycles. The van der Waals surface area contributed by atoms with Crippen LogP contribution in [0.3, 0.4) is 0 Å². The summed E-state index contributed by atoms with van der Waals surface area (Å²) in [7, 11) is 0. The maximum atomic E-state index is 11.5. The zero-order valence-electron chi connectivity index (χ0n) is 8.45. The lowest BCUT2D eigenvalue weighted by Gasteiger charge is -2.18. The number of hydrogen-bond donors (Lipinski definition) is 2. The summed E-state index contributed by atoms with van der Waals surface area (Å²) in [6.45, 7) is 0.113. The lowest BCUT2D eigenvalue weighted by molar-refractivity contribution is -0.286. The Kier molecular flexibility index (Phi) is 2.70. The first-order valence-corrected chi connectivity index (χ1v) is 4.61. The Morgan fingerprint density at radius 1 is 1.35 bits per heavy atom. The van der Waals surface area contributed by atoms with E-state index in [2.05, 4.69) is 4.74 Å². The Morgan fingerprint density at radius 3 is 2.59 bits per heavy atom. The van der Waals surface area contributed by atoms with Gasteiger partial charge < -0.3 is 24.1 Å². The predicted molar refractivity (Wildman–Crippen MR) is 51.1 cm³/mol. The molecule has 17 heavy (non-hydrogen) atoms. The molecule has 0 saturated heterocycles. The summed E-state index contributed by atoms with van der Waals surface area (Å²) in [4.78, 5) is 22.0. The second-order valence-corrected chi connectivity index (χ2v) is 3.20. The van der Waals surface area contributed by atoms with Crippen molar-refractivity contribution in [3.63, 3.8) is 0 Å². The van der Waals surface area contributed by atoms with Gasteiger partial charge in [-0.3, -0.25) is 0 Å². The molecule has 0 aliphatic carbocycles. The first-order chi connectivity index (χ1) is 8.00. The summed E-state index contributed by atoms with van der Waals surface area (Å²) in [6, 6.07) is 2.24. The van der Waals surface area contributed by atoms with Crippen LogP contribution in [-0.4, -0.2) is 34.7 Å². The van der Waals surface area contributed by atoms with E-state index in [9.17, 15) is 14.7 Å². The number of furan rings is 1. The predicted octanol–water partition coefficient (Wildman–Crippen LogP) is 0.367. The first-order valence-electron chi connectivity index (χ1n) is 4.61. The standard InChI is InChI=1S/C10H8O7/c11-8(12)6-2-3-7(16-6)9(13)17-10(14)4-1-5-15-10/h1-4,14H,5H2,(H,11,12). The van der Waals surface area contributed by atoms with Crippen molar-refractivity contribution in [1.82, 2.24) is 0 Å². The highest BCUT2D eigenvalue weighted by atomic mass is 16.8. The summed E-state index contributed by atoms with van der Waals surface area (Å²) >= 11 is 0. The van der Waals surface area contributed by atoms with Crippen LogP contribution in [0.5, 0.6) is 0 Å². The Bertz CT molecular complexity index is 487. The van der Waals surface area contributed by atoms with Gasteiger partial charge in [-0.25, -0.2) is 9.59 Å². The molecule has 0 radical (unpaired) electrons. The molecule has 90 valence electrons. The number of esters is 1. The molecule has 1 aromatic heterocycles. The molecule has 2 N–H and O–H groups in total. The van der Waals surface area contributed by atoms with Crippen molar-refractivity contribution in [2.45, 2.75) is 5.97 Å². The number of carbonyl (C=O) groups excluding carboxylic acids is 1. The average molecular weight is 240 g/mol. The summed E-state index contributed by atoms with van der Waals surface area (Å²) in [6.07, 6.45) is 2.63. The molecule has 1 aliphatic rings. The van der Waals surface area contributed by atoms with Gasteiger partial charge in [0.15, 0.2) is 0 Å². The first kappa shape index (κ1) is 11.4. The van der Waals surface area contributed by atoms with E-state index in [0.717, 1.165) is 18.2 Å². The van der Waals surface area contributed by atoms with Crippen LogP contribution in [0.4, 0.5) is 0 Å². The molecule has 1 atom stereocenters. The Hall–Kier alpha value is -2.12. The third kappa shape index (κ3) is 2.35. The zero-order valence-corrected chi connectivity index (χ0v) is 8.45. The van der Waals surface area contributed by atoms with E-state index < -0.39 is 23.7 Å². The van der Waals surface area contributed by atoms with E-state index in [0.29, 0.717) is 0 Å². The fraction of sp³-hybridized carbons (Fsp3) is 0.200. The minimum atomic E-state index is -2.12. The summed E-state index contributed by atoms with van der Waals surface area (Å²) in [5, 5.41) is 18.1. The van der Waals surface area contributed by atoms with E-state index in [4.69, 9.17) is 14.3 Å². The topological polar surface area (TPSA) is 106 Å². The van der Waals surface area contributed by atoms with Crippen LogP contribution in [0.2, 0.25) is 0 Å². The van der Waals surface area contributed by atoms with Gasteiger partial charge in [-0.05, 0) is 12.1 Å². The molecule has 0 bridgehead atoms. The summed E-state index contributed by atoms with van der Waals surface area (Å²) < 4.78 is 14.0. The Morgan fingerprint density at radius 2 is 2.06 bits per heavy atom. The minimum absolute atomic E-state index is 0.113. The summed E-state index contributed by atoms with van der Waals surface area (Å²) in [5.41, 5.74) is 0. The van der Waals surface area contributed by atoms with Gasteiger partial charge in [0.2, 0.25) is 11.5 Å². The molecule has 1 aromatic rings. The van der Waals surface area contributed by atoms with E-state index >= 15 is 0 Å². The largest absolute Gasteiger partial charge is 0.475 e. The number of hydrogen-bond acceptors (Lipinski definition) is 6. The van der Waals surface area contributed by atoms with E-state index in [1.54, 1.807) is 0 Å². The number of carboxylic acids is 1. The molecule has 2 heterocycles. The van der Waals surface area contributed by atoms with Gasteiger partial charge in [0.1, 0.15) is 0 Å². The fourth-order valence-electron chi connectivity index (χ4n) is 1.22. The van der Waals surface area contributed by atoms with E-state index in [1.165, 1.54) is 6.08 Å². The van der Waals surface area contributed by atoms with Crippen molar-refractivity contribution in [2.75, 3.05) is 6.61 Å². The zero-order chi connectivity index (χ0) is 12.5. The van der Waals surface area contributed by atoms with Gasteiger partial charge >= 0.3 is 17.9 Å². The Labute approximate surface area is 94.9 Å².